The molecule has 0 atom stereocenters. The number of alkyl halides is 1. The van der Waals surface area contributed by atoms with Gasteiger partial charge < -0.3 is 49.8 Å². The number of aryl methyl sites for hydroxylation is 5. The molecule has 0 spiro atoms. The molecule has 0 aliphatic rings. The normalized spacial score (nSPS) is 10.0. The van der Waals surface area contributed by atoms with E-state index in [0.29, 0.717) is 27.7 Å². The maximum atomic E-state index is 9.38. The summed E-state index contributed by atoms with van der Waals surface area (Å²) in [5.74, 6) is 9.49. The van der Waals surface area contributed by atoms with Crippen molar-refractivity contribution in [2.24, 2.45) is 0 Å². The largest absolute Gasteiger partial charge is 0.508 e. The molecule has 0 bridgehead atoms. The fourth-order valence-electron chi connectivity index (χ4n) is 10.6. The number of halogens is 5. The van der Waals surface area contributed by atoms with Crippen molar-refractivity contribution in [3.63, 3.8) is 0 Å². The van der Waals surface area contributed by atoms with Gasteiger partial charge in [-0.2, -0.15) is 0 Å². The van der Waals surface area contributed by atoms with Gasteiger partial charge in [0.25, 0.3) is 0 Å². The topological polar surface area (TPSA) is 231 Å². The molecule has 570 valence electrons. The summed E-state index contributed by atoms with van der Waals surface area (Å²) in [6, 6.07) is 77.1. The van der Waals surface area contributed by atoms with E-state index in [9.17, 15) is 5.11 Å². The lowest BCUT2D eigenvalue weighted by Gasteiger charge is -2.20. The van der Waals surface area contributed by atoms with Crippen LogP contribution in [0.4, 0.5) is 45.9 Å². The van der Waals surface area contributed by atoms with E-state index in [2.05, 4.69) is 99.8 Å². The van der Waals surface area contributed by atoms with Crippen molar-refractivity contribution in [3.05, 3.63) is 282 Å². The number of aromatic hydroxyl groups is 2. The molecular weight excluding hydrogens is 1580 g/mol. The number of benzene rings is 10. The Morgan fingerprint density at radius 2 is 0.536 bits per heavy atom. The predicted molar refractivity (Wildman–Crippen MR) is 469 cm³/mol. The van der Waals surface area contributed by atoms with E-state index < -0.39 is 0 Å². The molecule has 0 amide bonds. The summed E-state index contributed by atoms with van der Waals surface area (Å²) in [4.78, 5) is 49.9. The number of methoxy groups -OCH3 is 3. The highest BCUT2D eigenvalue weighted by Gasteiger charge is 2.15. The minimum Gasteiger partial charge on any atom is -0.508 e. The Labute approximate surface area is 679 Å². The standard InChI is InChI=1S/2C17H17N3O.C16H15N3O.2C9H7ClN2.C8H11NO.C7H9NO.C2H5I.2ClH/c2*1-12-18-16-7-5-4-6-15(16)17(19-12)20(2)13-8-10-14(21-3)11-9-13;1-11-17-15-6-4-3-5-14(15)16(18-11)19(2)12-7-9-13(20)10-8-12;2*1-6-11-8-5-3-2-4-7(8)9(10)12-6;1-9-7-3-5-8(10-2)6-4-7;1-8-6-2-4-7(9)5-3-6;1-2-3;;/h2*4-11H,1-3H3;3-10,20H,1-2H3;2*2-5H,1H3;3-6,9H,1-2H3;2-5,8-9H,1H3;2H2,1H3;2*1H/i3-1;;;;;;;2-1;;. The lowest BCUT2D eigenvalue weighted by Crippen LogP contribution is -2.12. The van der Waals surface area contributed by atoms with Crippen LogP contribution in [0.1, 0.15) is 36.0 Å². The summed E-state index contributed by atoms with van der Waals surface area (Å²) in [5.41, 5.74) is 9.82. The van der Waals surface area contributed by atoms with Gasteiger partial charge in [-0.15, -0.1) is 24.8 Å². The molecule has 25 heteroatoms. The van der Waals surface area contributed by atoms with Gasteiger partial charge in [0, 0.05) is 90.6 Å². The molecule has 20 nitrogen and oxygen atoms in total. The minimum absolute atomic E-state index is 0. The lowest BCUT2D eigenvalue weighted by atomic mass is 10.2. The fourth-order valence-corrected chi connectivity index (χ4v) is 11.2. The molecule has 0 radical (unpaired) electrons. The number of hydrogen-bond acceptors (Lipinski definition) is 20. The first-order valence-electron chi connectivity index (χ1n) is 34.3. The van der Waals surface area contributed by atoms with Gasteiger partial charge >= 0.3 is 0 Å². The number of fused-ring (bicyclic) bond motifs is 5. The van der Waals surface area contributed by atoms with Crippen molar-refractivity contribution in [2.45, 2.75) is 41.5 Å². The van der Waals surface area contributed by atoms with E-state index >= 15 is 0 Å². The molecule has 10 aromatic carbocycles. The zero-order valence-electron chi connectivity index (χ0n) is 63.7. The molecule has 15 rings (SSSR count). The number of anilines is 8. The molecule has 0 unspecified atom stereocenters. The van der Waals surface area contributed by atoms with Gasteiger partial charge in [0.15, 0.2) is 0 Å². The Balaban J connectivity index is 0.000000203. The minimum atomic E-state index is 0. The van der Waals surface area contributed by atoms with Crippen LogP contribution in [0.5, 0.6) is 28.7 Å². The number of rotatable bonds is 11. The SMILES string of the molecule is CNc1ccc(O)cc1.CNc1ccc(OC)cc1.COc1ccc(N(C)c2nc(C)nc3ccccc23)cc1.C[11CH2]I.Cc1nc(Cl)c2ccccc2n1.Cc1nc(Cl)c2ccccc2n1.Cc1nc(N(C)c2ccc(O)cc2)c2ccccc2n1.Cc1nc(N(C)c2ccc(O[11CH3])cc2)c2ccccc2n1.Cl.Cl. The van der Waals surface area contributed by atoms with Gasteiger partial charge in [-0.05, 0) is 221 Å². The number of aromatic nitrogens is 10. The molecular formula is C85H90Cl4IN15O5. The quantitative estimate of drug-likeness (QED) is 0.0408. The van der Waals surface area contributed by atoms with Crippen molar-refractivity contribution >= 4 is 171 Å². The molecule has 4 N–H and O–H groups in total. The number of phenols is 2. The second kappa shape index (κ2) is 44.3. The molecule has 0 fully saturated rings. The van der Waals surface area contributed by atoms with E-state index in [0.717, 1.165) is 135 Å². The van der Waals surface area contributed by atoms with Crippen molar-refractivity contribution in [2.75, 3.05) is 86.3 Å². The third kappa shape index (κ3) is 25.2. The first-order chi connectivity index (χ1) is 52.2. The summed E-state index contributed by atoms with van der Waals surface area (Å²) in [5, 5.41) is 30.1. The van der Waals surface area contributed by atoms with Gasteiger partial charge in [-0.3, -0.25) is 0 Å². The van der Waals surface area contributed by atoms with Crippen LogP contribution in [-0.2, 0) is 0 Å². The first-order valence-corrected chi connectivity index (χ1v) is 36.6. The van der Waals surface area contributed by atoms with Crippen LogP contribution in [0.25, 0.3) is 54.5 Å². The zero-order chi connectivity index (χ0) is 77.7. The molecule has 0 aliphatic carbocycles. The van der Waals surface area contributed by atoms with Crippen molar-refractivity contribution in [1.29, 1.82) is 0 Å². The summed E-state index contributed by atoms with van der Waals surface area (Å²) in [6.45, 7) is 11.5. The summed E-state index contributed by atoms with van der Waals surface area (Å²) >= 11 is 14.1. The zero-order valence-corrected chi connectivity index (χ0v) is 69.0. The Bertz CT molecular complexity index is 5100. The molecule has 5 aromatic heterocycles. The summed E-state index contributed by atoms with van der Waals surface area (Å²) in [7, 11) is 14.7. The predicted octanol–water partition coefficient (Wildman–Crippen LogP) is 21.5. The third-order valence-electron chi connectivity index (χ3n) is 16.1. The first kappa shape index (κ1) is 87.7. The maximum absolute atomic E-state index is 9.38. The number of phenolic OH excluding ortho intramolecular Hbond substituents is 2. The van der Waals surface area contributed by atoms with Crippen LogP contribution in [0.2, 0.25) is 10.3 Å². The van der Waals surface area contributed by atoms with Crippen LogP contribution in [0, 0.1) is 34.6 Å². The number of para-hydroxylation sites is 5. The van der Waals surface area contributed by atoms with Gasteiger partial charge in [0.1, 0.15) is 85.6 Å². The highest BCUT2D eigenvalue weighted by molar-refractivity contribution is 14.1. The van der Waals surface area contributed by atoms with Gasteiger partial charge in [-0.1, -0.05) is 113 Å². The molecule has 0 saturated carbocycles. The van der Waals surface area contributed by atoms with E-state index in [4.69, 9.17) is 42.5 Å². The molecule has 15 aromatic rings. The summed E-state index contributed by atoms with van der Waals surface area (Å²) in [6.07, 6.45) is 0. The lowest BCUT2D eigenvalue weighted by molar-refractivity contribution is 0.414. The van der Waals surface area contributed by atoms with Crippen molar-refractivity contribution in [3.8, 4) is 28.7 Å². The Morgan fingerprint density at radius 1 is 0.327 bits per heavy atom. The Morgan fingerprint density at radius 3 is 0.800 bits per heavy atom. The van der Waals surface area contributed by atoms with Crippen LogP contribution in [0.3, 0.4) is 0 Å². The number of nitrogens with one attached hydrogen (secondary N) is 2. The molecule has 0 saturated heterocycles. The van der Waals surface area contributed by atoms with Crippen LogP contribution in [-0.4, -0.2) is 121 Å². The number of hydrogen-bond donors (Lipinski definition) is 4. The van der Waals surface area contributed by atoms with E-state index in [1.54, 1.807) is 45.6 Å². The summed E-state index contributed by atoms with van der Waals surface area (Å²) < 4.78 is 16.6. The average molecular weight is 1670 g/mol. The monoisotopic (exact) mass is 1670 g/mol. The van der Waals surface area contributed by atoms with Gasteiger partial charge in [0.2, 0.25) is 0 Å². The van der Waals surface area contributed by atoms with E-state index in [1.807, 2.05) is 293 Å². The van der Waals surface area contributed by atoms with Crippen LogP contribution < -0.4 is 39.5 Å². The highest BCUT2D eigenvalue weighted by Crippen LogP contribution is 2.34. The molecule has 0 aliphatic heterocycles. The van der Waals surface area contributed by atoms with Gasteiger partial charge in [0.05, 0.1) is 48.9 Å². The fraction of sp³-hybridized carbons (Fsp3) is 0.176. The van der Waals surface area contributed by atoms with E-state index in [1.165, 1.54) is 4.43 Å². The van der Waals surface area contributed by atoms with E-state index in [-0.39, 0.29) is 30.6 Å². The smallest absolute Gasteiger partial charge is 0.144 e. The Kier molecular flexibility index (Phi) is 35.3. The second-order valence-corrected chi connectivity index (χ2v) is 25.9. The molecule has 110 heavy (non-hydrogen) atoms. The second-order valence-electron chi connectivity index (χ2n) is 23.6. The maximum Gasteiger partial charge on any atom is 0.144 e. The third-order valence-corrected chi connectivity index (χ3v) is 16.6. The van der Waals surface area contributed by atoms with Crippen LogP contribution >= 0.6 is 70.6 Å². The Hall–Kier alpha value is -11.2. The number of nitrogens with zero attached hydrogens (tertiary/aromatic N) is 13. The van der Waals surface area contributed by atoms with Crippen molar-refractivity contribution < 1.29 is 24.4 Å². The highest BCUT2D eigenvalue weighted by atomic mass is 127. The molecule has 5 heterocycles. The average Bonchev–Trinajstić information content (AvgIpc) is 0.809. The van der Waals surface area contributed by atoms with Crippen LogP contribution in [0.15, 0.2) is 243 Å². The van der Waals surface area contributed by atoms with Gasteiger partial charge in [-0.25, -0.2) is 49.8 Å². The number of ether oxygens (including phenoxy) is 3. The van der Waals surface area contributed by atoms with Crippen molar-refractivity contribution in [1.82, 2.24) is 49.8 Å².